The highest BCUT2D eigenvalue weighted by atomic mass is 32.1. The van der Waals surface area contributed by atoms with Gasteiger partial charge in [-0.05, 0) is 0 Å². The van der Waals surface area contributed by atoms with Crippen molar-refractivity contribution in [1.82, 2.24) is 14.7 Å². The minimum Gasteiger partial charge on any atom is -0.395 e. The highest BCUT2D eigenvalue weighted by Gasteiger charge is 2.19. The molecule has 0 aromatic rings. The van der Waals surface area contributed by atoms with Gasteiger partial charge in [0.15, 0.2) is 0 Å². The lowest BCUT2D eigenvalue weighted by atomic mass is 10.3. The molecule has 0 spiro atoms. The molecule has 1 saturated heterocycles. The summed E-state index contributed by atoms with van der Waals surface area (Å²) in [5.74, 6) is 0.104. The first kappa shape index (κ1) is 16.3. The molecule has 19 heavy (non-hydrogen) atoms. The standard InChI is InChI=1S/C12H24N4O2S/c1-14(3-2-11(13)19)12(18)10-16-6-4-15(5-7-16)8-9-17/h17H,2-10H2,1H3,(H2,13,19). The number of β-amino-alcohol motifs (C(OH)–C–C–N with tert-alkyl or cyclic N) is 1. The molecule has 0 saturated carbocycles. The molecule has 0 aromatic carbocycles. The molecule has 1 fully saturated rings. The second kappa shape index (κ2) is 8.42. The quantitative estimate of drug-likeness (QED) is 0.569. The number of thiocarbonyl (C=S) groups is 1. The van der Waals surface area contributed by atoms with Gasteiger partial charge in [0.25, 0.3) is 0 Å². The first-order valence-corrected chi connectivity index (χ1v) is 7.01. The largest absolute Gasteiger partial charge is 0.395 e. The fourth-order valence-corrected chi connectivity index (χ4v) is 2.12. The maximum absolute atomic E-state index is 12.0. The number of nitrogens with zero attached hydrogens (tertiary/aromatic N) is 3. The van der Waals surface area contributed by atoms with Crippen LogP contribution in [0.3, 0.4) is 0 Å². The Balaban J connectivity index is 2.24. The Morgan fingerprint density at radius 3 is 2.42 bits per heavy atom. The van der Waals surface area contributed by atoms with Gasteiger partial charge >= 0.3 is 0 Å². The van der Waals surface area contributed by atoms with E-state index in [0.717, 1.165) is 32.7 Å². The number of piperazine rings is 1. The number of carbonyl (C=O) groups is 1. The van der Waals surface area contributed by atoms with Crippen LogP contribution in [0.5, 0.6) is 0 Å². The second-order valence-electron chi connectivity index (χ2n) is 4.87. The Hall–Kier alpha value is -0.760. The lowest BCUT2D eigenvalue weighted by Gasteiger charge is -2.34. The lowest BCUT2D eigenvalue weighted by Crippen LogP contribution is -2.50. The van der Waals surface area contributed by atoms with Crippen LogP contribution >= 0.6 is 12.2 Å². The van der Waals surface area contributed by atoms with Crippen LogP contribution in [0.15, 0.2) is 0 Å². The number of likely N-dealkylation sites (N-methyl/N-ethyl adjacent to an activating group) is 1. The third-order valence-electron chi connectivity index (χ3n) is 3.36. The van der Waals surface area contributed by atoms with Gasteiger partial charge in [0.2, 0.25) is 5.91 Å². The SMILES string of the molecule is CN(CCC(N)=S)C(=O)CN1CCN(CCO)CC1. The van der Waals surface area contributed by atoms with Crippen molar-refractivity contribution < 1.29 is 9.90 Å². The van der Waals surface area contributed by atoms with Crippen LogP contribution in [0.4, 0.5) is 0 Å². The van der Waals surface area contributed by atoms with Crippen molar-refractivity contribution in [3.05, 3.63) is 0 Å². The van der Waals surface area contributed by atoms with Gasteiger partial charge in [0.05, 0.1) is 18.1 Å². The molecule has 0 bridgehead atoms. The maximum Gasteiger partial charge on any atom is 0.236 e. The van der Waals surface area contributed by atoms with Gasteiger partial charge in [-0.2, -0.15) is 0 Å². The third-order valence-corrected chi connectivity index (χ3v) is 3.56. The Bertz CT molecular complexity index is 306. The normalized spacial score (nSPS) is 17.4. The molecule has 1 aliphatic rings. The molecule has 7 heteroatoms. The van der Waals surface area contributed by atoms with Crippen LogP contribution in [0.1, 0.15) is 6.42 Å². The second-order valence-corrected chi connectivity index (χ2v) is 5.40. The van der Waals surface area contributed by atoms with Crippen molar-refractivity contribution in [2.45, 2.75) is 6.42 Å². The molecular weight excluding hydrogens is 264 g/mol. The van der Waals surface area contributed by atoms with E-state index >= 15 is 0 Å². The fourth-order valence-electron chi connectivity index (χ4n) is 2.03. The number of carbonyl (C=O) groups excluding carboxylic acids is 1. The van der Waals surface area contributed by atoms with Gasteiger partial charge in [-0.15, -0.1) is 0 Å². The first-order chi connectivity index (χ1) is 9.02. The molecule has 0 aliphatic carbocycles. The van der Waals surface area contributed by atoms with Gasteiger partial charge in [0, 0.05) is 52.7 Å². The first-order valence-electron chi connectivity index (χ1n) is 6.60. The third kappa shape index (κ3) is 6.29. The minimum atomic E-state index is 0.104. The topological polar surface area (TPSA) is 73.0 Å². The van der Waals surface area contributed by atoms with Crippen LogP contribution in [0.25, 0.3) is 0 Å². The van der Waals surface area contributed by atoms with E-state index in [2.05, 4.69) is 9.80 Å². The van der Waals surface area contributed by atoms with Crippen molar-refractivity contribution in [3.8, 4) is 0 Å². The maximum atomic E-state index is 12.0. The van der Waals surface area contributed by atoms with Crippen LogP contribution in [0.2, 0.25) is 0 Å². The van der Waals surface area contributed by atoms with E-state index in [9.17, 15) is 4.79 Å². The van der Waals surface area contributed by atoms with Gasteiger partial charge in [-0.25, -0.2) is 0 Å². The number of rotatable bonds is 7. The molecular formula is C12H24N4O2S. The van der Waals surface area contributed by atoms with Crippen molar-refractivity contribution in [3.63, 3.8) is 0 Å². The summed E-state index contributed by atoms with van der Waals surface area (Å²) in [6.07, 6.45) is 0.571. The number of hydrogen-bond acceptors (Lipinski definition) is 5. The highest BCUT2D eigenvalue weighted by molar-refractivity contribution is 7.80. The summed E-state index contributed by atoms with van der Waals surface area (Å²) in [4.78, 5) is 18.5. The number of aliphatic hydroxyl groups excluding tert-OH is 1. The summed E-state index contributed by atoms with van der Waals surface area (Å²) >= 11 is 4.80. The molecule has 0 atom stereocenters. The molecule has 1 amide bonds. The Morgan fingerprint density at radius 2 is 1.89 bits per heavy atom. The lowest BCUT2D eigenvalue weighted by molar-refractivity contribution is -0.131. The Labute approximate surface area is 120 Å². The van der Waals surface area contributed by atoms with Crippen LogP contribution in [-0.2, 0) is 4.79 Å². The zero-order chi connectivity index (χ0) is 14.3. The summed E-state index contributed by atoms with van der Waals surface area (Å²) in [7, 11) is 1.78. The number of hydrogen-bond donors (Lipinski definition) is 2. The zero-order valence-corrected chi connectivity index (χ0v) is 12.4. The van der Waals surface area contributed by atoms with Crippen molar-refractivity contribution >= 4 is 23.1 Å². The van der Waals surface area contributed by atoms with E-state index < -0.39 is 0 Å². The minimum absolute atomic E-state index is 0.104. The monoisotopic (exact) mass is 288 g/mol. The summed E-state index contributed by atoms with van der Waals surface area (Å²) in [6, 6.07) is 0. The summed E-state index contributed by atoms with van der Waals surface area (Å²) in [5, 5.41) is 8.87. The molecule has 1 rings (SSSR count). The number of nitrogens with two attached hydrogens (primary N) is 1. The molecule has 1 aliphatic heterocycles. The van der Waals surface area contributed by atoms with Gasteiger partial charge < -0.3 is 15.7 Å². The predicted octanol–water partition coefficient (Wildman–Crippen LogP) is -1.27. The van der Waals surface area contributed by atoms with Crippen LogP contribution < -0.4 is 5.73 Å². The number of aliphatic hydroxyl groups is 1. The van der Waals surface area contributed by atoms with Gasteiger partial charge in [0.1, 0.15) is 0 Å². The summed E-state index contributed by atoms with van der Waals surface area (Å²) < 4.78 is 0. The average Bonchev–Trinajstić information content (AvgIpc) is 2.38. The number of amides is 1. The van der Waals surface area contributed by atoms with E-state index in [4.69, 9.17) is 23.1 Å². The molecule has 0 unspecified atom stereocenters. The summed E-state index contributed by atoms with van der Waals surface area (Å²) in [6.45, 7) is 5.49. The van der Waals surface area contributed by atoms with Crippen LogP contribution in [0, 0.1) is 0 Å². The van der Waals surface area contributed by atoms with Crippen molar-refractivity contribution in [2.24, 2.45) is 5.73 Å². The molecule has 3 N–H and O–H groups in total. The molecule has 1 heterocycles. The summed E-state index contributed by atoms with van der Waals surface area (Å²) in [5.41, 5.74) is 5.43. The van der Waals surface area contributed by atoms with Crippen molar-refractivity contribution in [2.75, 3.05) is 59.5 Å². The van der Waals surface area contributed by atoms with E-state index in [-0.39, 0.29) is 12.5 Å². The fraction of sp³-hybridized carbons (Fsp3) is 0.833. The van der Waals surface area contributed by atoms with Gasteiger partial charge in [-0.1, -0.05) is 12.2 Å². The van der Waals surface area contributed by atoms with E-state index in [1.54, 1.807) is 11.9 Å². The molecule has 6 nitrogen and oxygen atoms in total. The average molecular weight is 288 g/mol. The predicted molar refractivity (Wildman–Crippen MR) is 79.0 cm³/mol. The zero-order valence-electron chi connectivity index (χ0n) is 11.5. The Morgan fingerprint density at radius 1 is 1.32 bits per heavy atom. The molecule has 110 valence electrons. The van der Waals surface area contributed by atoms with Crippen LogP contribution in [-0.4, -0.2) is 90.2 Å². The van der Waals surface area contributed by atoms with E-state index in [1.807, 2.05) is 0 Å². The molecule has 0 radical (unpaired) electrons. The Kier molecular flexibility index (Phi) is 7.22. The van der Waals surface area contributed by atoms with E-state index in [1.165, 1.54) is 0 Å². The smallest absolute Gasteiger partial charge is 0.236 e. The van der Waals surface area contributed by atoms with E-state index in [0.29, 0.717) is 24.5 Å². The van der Waals surface area contributed by atoms with Crippen molar-refractivity contribution in [1.29, 1.82) is 0 Å². The molecule has 0 aromatic heterocycles. The highest BCUT2D eigenvalue weighted by Crippen LogP contribution is 2.02. The van der Waals surface area contributed by atoms with Gasteiger partial charge in [-0.3, -0.25) is 14.6 Å².